The van der Waals surface area contributed by atoms with Crippen LogP contribution in [0.3, 0.4) is 0 Å². The number of ether oxygens (including phenoxy) is 2. The molecule has 1 aromatic carbocycles. The van der Waals surface area contributed by atoms with E-state index in [2.05, 4.69) is 11.1 Å². The number of hydrogen-bond donors (Lipinski definition) is 0. The summed E-state index contributed by atoms with van der Waals surface area (Å²) in [6.45, 7) is 2.34. The van der Waals surface area contributed by atoms with E-state index in [0.29, 0.717) is 23.7 Å². The third-order valence-corrected chi connectivity index (χ3v) is 3.21. The summed E-state index contributed by atoms with van der Waals surface area (Å²) in [6, 6.07) is 7.17. The monoisotopic (exact) mass is 260 g/mol. The van der Waals surface area contributed by atoms with E-state index in [1.165, 1.54) is 0 Å². The fraction of sp³-hybridized carbons (Fsp3) is 0.231. The molecule has 4 nitrogen and oxygen atoms in total. The SMILES string of the molecule is COc1cc(C#N)cc(OCc2nc(C)cs2)c1. The Labute approximate surface area is 109 Å². The predicted molar refractivity (Wildman–Crippen MR) is 68.9 cm³/mol. The van der Waals surface area contributed by atoms with Crippen molar-refractivity contribution in [1.29, 1.82) is 5.26 Å². The van der Waals surface area contributed by atoms with Gasteiger partial charge in [-0.1, -0.05) is 0 Å². The molecule has 0 aliphatic carbocycles. The van der Waals surface area contributed by atoms with Crippen LogP contribution in [-0.4, -0.2) is 12.1 Å². The summed E-state index contributed by atoms with van der Waals surface area (Å²) in [7, 11) is 1.56. The summed E-state index contributed by atoms with van der Waals surface area (Å²) < 4.78 is 10.7. The summed E-state index contributed by atoms with van der Waals surface area (Å²) in [5.74, 6) is 1.22. The second-order valence-electron chi connectivity index (χ2n) is 3.68. The molecule has 0 aliphatic rings. The number of aryl methyl sites for hydroxylation is 1. The van der Waals surface area contributed by atoms with Gasteiger partial charge in [0.2, 0.25) is 0 Å². The molecule has 0 N–H and O–H groups in total. The highest BCUT2D eigenvalue weighted by atomic mass is 32.1. The summed E-state index contributed by atoms with van der Waals surface area (Å²) in [6.07, 6.45) is 0. The maximum absolute atomic E-state index is 8.90. The Bertz CT molecular complexity index is 587. The van der Waals surface area contributed by atoms with Crippen molar-refractivity contribution in [2.24, 2.45) is 0 Å². The van der Waals surface area contributed by atoms with Gasteiger partial charge in [-0.2, -0.15) is 5.26 Å². The molecule has 5 heteroatoms. The van der Waals surface area contributed by atoms with Crippen LogP contribution in [0.25, 0.3) is 0 Å². The molecule has 0 saturated heterocycles. The molecule has 0 atom stereocenters. The Morgan fingerprint density at radius 2 is 2.11 bits per heavy atom. The highest BCUT2D eigenvalue weighted by molar-refractivity contribution is 7.09. The average Bonchev–Trinajstić information content (AvgIpc) is 2.81. The van der Waals surface area contributed by atoms with Crippen LogP contribution in [0.1, 0.15) is 16.3 Å². The van der Waals surface area contributed by atoms with E-state index in [-0.39, 0.29) is 0 Å². The zero-order valence-corrected chi connectivity index (χ0v) is 11.0. The number of thiazole rings is 1. The van der Waals surface area contributed by atoms with Crippen LogP contribution in [0.2, 0.25) is 0 Å². The summed E-state index contributed by atoms with van der Waals surface area (Å²) in [5, 5.41) is 11.8. The Hall–Kier alpha value is -2.06. The van der Waals surface area contributed by atoms with E-state index in [9.17, 15) is 0 Å². The van der Waals surface area contributed by atoms with Gasteiger partial charge in [-0.25, -0.2) is 4.98 Å². The normalized spacial score (nSPS) is 9.83. The van der Waals surface area contributed by atoms with Crippen LogP contribution < -0.4 is 9.47 Å². The fourth-order valence-electron chi connectivity index (χ4n) is 1.45. The van der Waals surface area contributed by atoms with Crippen molar-refractivity contribution in [3.8, 4) is 17.6 Å². The van der Waals surface area contributed by atoms with E-state index < -0.39 is 0 Å². The lowest BCUT2D eigenvalue weighted by Gasteiger charge is -2.07. The van der Waals surface area contributed by atoms with Crippen LogP contribution in [0.5, 0.6) is 11.5 Å². The van der Waals surface area contributed by atoms with Gasteiger partial charge in [0.05, 0.1) is 18.7 Å². The first-order valence-electron chi connectivity index (χ1n) is 5.34. The van der Waals surface area contributed by atoms with E-state index >= 15 is 0 Å². The molecular formula is C13H12N2O2S. The predicted octanol–water partition coefficient (Wildman–Crippen LogP) is 2.91. The molecule has 0 radical (unpaired) electrons. The van der Waals surface area contributed by atoms with Gasteiger partial charge >= 0.3 is 0 Å². The third-order valence-electron chi connectivity index (χ3n) is 2.27. The summed E-state index contributed by atoms with van der Waals surface area (Å²) in [5.41, 5.74) is 1.50. The topological polar surface area (TPSA) is 55.1 Å². The molecule has 0 amide bonds. The average molecular weight is 260 g/mol. The van der Waals surface area contributed by atoms with Gasteiger partial charge in [0.1, 0.15) is 23.1 Å². The van der Waals surface area contributed by atoms with Crippen LogP contribution in [0, 0.1) is 18.3 Å². The first-order chi connectivity index (χ1) is 8.71. The molecule has 0 unspecified atom stereocenters. The molecule has 1 aromatic heterocycles. The molecule has 18 heavy (non-hydrogen) atoms. The van der Waals surface area contributed by atoms with Gasteiger partial charge in [0.15, 0.2) is 0 Å². The van der Waals surface area contributed by atoms with Crippen molar-refractivity contribution >= 4 is 11.3 Å². The third kappa shape index (κ3) is 2.99. The lowest BCUT2D eigenvalue weighted by molar-refractivity contribution is 0.303. The highest BCUT2D eigenvalue weighted by Gasteiger charge is 2.04. The summed E-state index contributed by atoms with van der Waals surface area (Å²) in [4.78, 5) is 4.31. The molecule has 92 valence electrons. The second-order valence-corrected chi connectivity index (χ2v) is 4.62. The van der Waals surface area contributed by atoms with Crippen molar-refractivity contribution in [1.82, 2.24) is 4.98 Å². The quantitative estimate of drug-likeness (QED) is 0.848. The smallest absolute Gasteiger partial charge is 0.140 e. The minimum Gasteiger partial charge on any atom is -0.497 e. The van der Waals surface area contributed by atoms with Gasteiger partial charge in [-0.05, 0) is 19.1 Å². The number of nitriles is 1. The second kappa shape index (κ2) is 5.52. The molecular weight excluding hydrogens is 248 g/mol. The van der Waals surface area contributed by atoms with Crippen molar-refractivity contribution in [3.63, 3.8) is 0 Å². The zero-order valence-electron chi connectivity index (χ0n) is 10.1. The Kier molecular flexibility index (Phi) is 3.80. The largest absolute Gasteiger partial charge is 0.497 e. The van der Waals surface area contributed by atoms with Crippen LogP contribution in [0.15, 0.2) is 23.6 Å². The number of aromatic nitrogens is 1. The number of methoxy groups -OCH3 is 1. The summed E-state index contributed by atoms with van der Waals surface area (Å²) >= 11 is 1.56. The maximum atomic E-state index is 8.90. The van der Waals surface area contributed by atoms with Crippen molar-refractivity contribution in [2.45, 2.75) is 13.5 Å². The Morgan fingerprint density at radius 1 is 1.33 bits per heavy atom. The van der Waals surface area contributed by atoms with Gasteiger partial charge in [0.25, 0.3) is 0 Å². The van der Waals surface area contributed by atoms with E-state index in [1.807, 2.05) is 12.3 Å². The number of rotatable bonds is 4. The van der Waals surface area contributed by atoms with Gasteiger partial charge < -0.3 is 9.47 Å². The molecule has 0 saturated carbocycles. The van der Waals surface area contributed by atoms with Crippen molar-refractivity contribution in [2.75, 3.05) is 7.11 Å². The number of hydrogen-bond acceptors (Lipinski definition) is 5. The Morgan fingerprint density at radius 3 is 2.72 bits per heavy atom. The van der Waals surface area contributed by atoms with E-state index in [4.69, 9.17) is 14.7 Å². The number of nitrogens with zero attached hydrogens (tertiary/aromatic N) is 2. The molecule has 2 rings (SSSR count). The minimum absolute atomic E-state index is 0.399. The maximum Gasteiger partial charge on any atom is 0.140 e. The van der Waals surface area contributed by atoms with E-state index in [1.54, 1.807) is 36.6 Å². The van der Waals surface area contributed by atoms with Gasteiger partial charge in [-0.15, -0.1) is 11.3 Å². The minimum atomic E-state index is 0.399. The lowest BCUT2D eigenvalue weighted by atomic mass is 10.2. The Balaban J connectivity index is 2.11. The van der Waals surface area contributed by atoms with Gasteiger partial charge in [-0.3, -0.25) is 0 Å². The lowest BCUT2D eigenvalue weighted by Crippen LogP contribution is -1.96. The highest BCUT2D eigenvalue weighted by Crippen LogP contribution is 2.23. The van der Waals surface area contributed by atoms with Gasteiger partial charge in [0, 0.05) is 17.1 Å². The van der Waals surface area contributed by atoms with Crippen molar-refractivity contribution in [3.05, 3.63) is 39.8 Å². The van der Waals surface area contributed by atoms with Crippen LogP contribution in [-0.2, 0) is 6.61 Å². The fourth-order valence-corrected chi connectivity index (χ4v) is 2.13. The molecule has 0 spiro atoms. The molecule has 2 aromatic rings. The number of benzene rings is 1. The molecule has 0 bridgehead atoms. The standard InChI is InChI=1S/C13H12N2O2S/c1-9-8-18-13(15-9)7-17-12-4-10(6-14)3-11(5-12)16-2/h3-5,8H,7H2,1-2H3. The first kappa shape index (κ1) is 12.4. The molecule has 0 aliphatic heterocycles. The molecule has 0 fully saturated rings. The van der Waals surface area contributed by atoms with Crippen LogP contribution in [0.4, 0.5) is 0 Å². The zero-order chi connectivity index (χ0) is 13.0. The first-order valence-corrected chi connectivity index (χ1v) is 6.22. The van der Waals surface area contributed by atoms with Crippen molar-refractivity contribution < 1.29 is 9.47 Å². The molecule has 1 heterocycles. The van der Waals surface area contributed by atoms with Crippen LogP contribution >= 0.6 is 11.3 Å². The van der Waals surface area contributed by atoms with E-state index in [0.717, 1.165) is 10.7 Å².